The van der Waals surface area contributed by atoms with Gasteiger partial charge >= 0.3 is 5.97 Å². The van der Waals surface area contributed by atoms with Gasteiger partial charge in [0.15, 0.2) is 0 Å². The van der Waals surface area contributed by atoms with Crippen LogP contribution in [0, 0.1) is 0 Å². The molecule has 5 nitrogen and oxygen atoms in total. The zero-order valence-corrected chi connectivity index (χ0v) is 8.53. The second-order valence-electron chi connectivity index (χ2n) is 2.53. The maximum atomic E-state index is 10.9. The fourth-order valence-electron chi connectivity index (χ4n) is 0.895. The molecule has 1 aromatic heterocycles. The Bertz CT molecular complexity index is 281. The van der Waals surface area contributed by atoms with Crippen molar-refractivity contribution in [1.82, 2.24) is 9.97 Å². The summed E-state index contributed by atoms with van der Waals surface area (Å²) in [5.74, 6) is -0.439. The Hall–Kier alpha value is -1.20. The van der Waals surface area contributed by atoms with Gasteiger partial charge in [-0.1, -0.05) is 0 Å². The van der Waals surface area contributed by atoms with Crippen molar-refractivity contribution < 1.29 is 9.53 Å². The minimum Gasteiger partial charge on any atom is -0.468 e. The van der Waals surface area contributed by atoms with E-state index in [4.69, 9.17) is 5.73 Å². The largest absolute Gasteiger partial charge is 0.468 e. The lowest BCUT2D eigenvalue weighted by molar-refractivity contribution is -0.142. The van der Waals surface area contributed by atoms with Gasteiger partial charge in [0.2, 0.25) is 0 Å². The number of nitrogens with two attached hydrogens (primary N) is 1. The topological polar surface area (TPSA) is 78.1 Å². The fourth-order valence-corrected chi connectivity index (χ4v) is 0.895. The molecule has 1 atom stereocenters. The fraction of sp³-hybridized carbons (Fsp3) is 0.375. The first kappa shape index (κ1) is 12.8. The molecule has 1 heterocycles. The maximum absolute atomic E-state index is 10.9. The van der Waals surface area contributed by atoms with E-state index in [0.717, 1.165) is 0 Å². The van der Waals surface area contributed by atoms with Gasteiger partial charge in [-0.25, -0.2) is 0 Å². The van der Waals surface area contributed by atoms with Crippen LogP contribution in [0.2, 0.25) is 0 Å². The van der Waals surface area contributed by atoms with Gasteiger partial charge in [-0.3, -0.25) is 14.8 Å². The molecule has 0 radical (unpaired) electrons. The molecule has 14 heavy (non-hydrogen) atoms. The number of nitrogens with zero attached hydrogens (tertiary/aromatic N) is 2. The Morgan fingerprint density at radius 3 is 2.86 bits per heavy atom. The molecule has 0 aliphatic rings. The molecule has 0 aliphatic carbocycles. The smallest absolute Gasteiger partial charge is 0.323 e. The van der Waals surface area contributed by atoms with E-state index < -0.39 is 12.0 Å². The molecule has 6 heteroatoms. The summed E-state index contributed by atoms with van der Waals surface area (Å²) in [6, 6.07) is -0.665. The van der Waals surface area contributed by atoms with E-state index in [0.29, 0.717) is 12.1 Å². The number of methoxy groups -OCH3 is 1. The molecule has 0 bridgehead atoms. The molecule has 0 unspecified atom stereocenters. The predicted molar refractivity (Wildman–Crippen MR) is 53.0 cm³/mol. The molecule has 1 rings (SSSR count). The van der Waals surface area contributed by atoms with E-state index in [1.54, 1.807) is 18.6 Å². The van der Waals surface area contributed by atoms with Crippen molar-refractivity contribution in [3.63, 3.8) is 0 Å². The highest BCUT2D eigenvalue weighted by atomic mass is 35.5. The van der Waals surface area contributed by atoms with Crippen LogP contribution in [0.5, 0.6) is 0 Å². The van der Waals surface area contributed by atoms with Crippen molar-refractivity contribution in [2.45, 2.75) is 12.5 Å². The lowest BCUT2D eigenvalue weighted by atomic mass is 10.2. The van der Waals surface area contributed by atoms with Crippen molar-refractivity contribution in [3.05, 3.63) is 24.3 Å². The zero-order chi connectivity index (χ0) is 9.68. The summed E-state index contributed by atoms with van der Waals surface area (Å²) in [4.78, 5) is 18.8. The number of carbonyl (C=O) groups is 1. The van der Waals surface area contributed by atoms with Crippen molar-refractivity contribution in [1.29, 1.82) is 0 Å². The Morgan fingerprint density at radius 2 is 2.36 bits per heavy atom. The summed E-state index contributed by atoms with van der Waals surface area (Å²) < 4.78 is 4.47. The lowest BCUT2D eigenvalue weighted by Gasteiger charge is -2.07. The maximum Gasteiger partial charge on any atom is 0.323 e. The van der Waals surface area contributed by atoms with Crippen LogP contribution >= 0.6 is 12.4 Å². The number of esters is 1. The van der Waals surface area contributed by atoms with Gasteiger partial charge in [0, 0.05) is 25.0 Å². The van der Waals surface area contributed by atoms with E-state index in [9.17, 15) is 4.79 Å². The Morgan fingerprint density at radius 1 is 1.64 bits per heavy atom. The summed E-state index contributed by atoms with van der Waals surface area (Å²) in [5.41, 5.74) is 6.20. The van der Waals surface area contributed by atoms with Crippen LogP contribution in [-0.4, -0.2) is 29.1 Å². The first-order chi connectivity index (χ1) is 6.24. The number of halogens is 1. The molecule has 0 amide bonds. The number of carbonyl (C=O) groups excluding carboxylic acids is 1. The molecule has 0 fully saturated rings. The summed E-state index contributed by atoms with van der Waals surface area (Å²) in [7, 11) is 1.30. The van der Waals surface area contributed by atoms with Gasteiger partial charge in [-0.15, -0.1) is 12.4 Å². The van der Waals surface area contributed by atoms with E-state index in [1.807, 2.05) is 0 Å². The lowest BCUT2D eigenvalue weighted by Crippen LogP contribution is -2.33. The first-order valence-electron chi connectivity index (χ1n) is 3.82. The molecule has 0 aromatic carbocycles. The molecule has 78 valence electrons. The minimum absolute atomic E-state index is 0. The first-order valence-corrected chi connectivity index (χ1v) is 3.82. The van der Waals surface area contributed by atoms with E-state index in [2.05, 4.69) is 14.7 Å². The van der Waals surface area contributed by atoms with Crippen LogP contribution in [0.15, 0.2) is 18.6 Å². The van der Waals surface area contributed by atoms with Crippen LogP contribution in [0.1, 0.15) is 5.69 Å². The van der Waals surface area contributed by atoms with Crippen LogP contribution < -0.4 is 5.73 Å². The third-order valence-electron chi connectivity index (χ3n) is 1.55. The Balaban J connectivity index is 0.00000169. The summed E-state index contributed by atoms with van der Waals surface area (Å²) in [5, 5.41) is 0. The van der Waals surface area contributed by atoms with Crippen LogP contribution in [0.4, 0.5) is 0 Å². The second-order valence-corrected chi connectivity index (χ2v) is 2.53. The summed E-state index contributed by atoms with van der Waals surface area (Å²) >= 11 is 0. The molecular formula is C8H12ClN3O2. The molecule has 1 aromatic rings. The van der Waals surface area contributed by atoms with Gasteiger partial charge in [0.1, 0.15) is 6.04 Å². The van der Waals surface area contributed by atoms with E-state index in [-0.39, 0.29) is 12.4 Å². The standard InChI is InChI=1S/C8H11N3O2.ClH/c1-13-8(12)7(9)4-6-5-10-2-3-11-6;/h2-3,5,7H,4,9H2,1H3;1H/t7-;/m1./s1. The van der Waals surface area contributed by atoms with Gasteiger partial charge < -0.3 is 10.5 Å². The number of aromatic nitrogens is 2. The van der Waals surface area contributed by atoms with E-state index >= 15 is 0 Å². The Kier molecular flexibility index (Phi) is 5.74. The van der Waals surface area contributed by atoms with Crippen LogP contribution in [0.25, 0.3) is 0 Å². The highest BCUT2D eigenvalue weighted by Gasteiger charge is 2.14. The van der Waals surface area contributed by atoms with Gasteiger partial charge in [0.25, 0.3) is 0 Å². The predicted octanol–water partition coefficient (Wildman–Crippen LogP) is -0.0588. The van der Waals surface area contributed by atoms with Gasteiger partial charge in [0.05, 0.1) is 12.8 Å². The quantitative estimate of drug-likeness (QED) is 0.718. The SMILES string of the molecule is COC(=O)[C@H](N)Cc1cnccn1.Cl. The molecule has 0 saturated carbocycles. The normalized spacial score (nSPS) is 11.3. The average molecular weight is 218 g/mol. The number of rotatable bonds is 3. The Labute approximate surface area is 88.1 Å². The van der Waals surface area contributed by atoms with Crippen molar-refractivity contribution in [2.75, 3.05) is 7.11 Å². The zero-order valence-electron chi connectivity index (χ0n) is 7.71. The highest BCUT2D eigenvalue weighted by Crippen LogP contribution is 1.96. The third kappa shape index (κ3) is 3.68. The number of ether oxygens (including phenoxy) is 1. The van der Waals surface area contributed by atoms with E-state index in [1.165, 1.54) is 7.11 Å². The molecule has 0 saturated heterocycles. The van der Waals surface area contributed by atoms with Crippen LogP contribution in [0.3, 0.4) is 0 Å². The molecule has 0 aliphatic heterocycles. The van der Waals surface area contributed by atoms with Gasteiger partial charge in [-0.2, -0.15) is 0 Å². The van der Waals surface area contributed by atoms with Crippen molar-refractivity contribution in [3.8, 4) is 0 Å². The highest BCUT2D eigenvalue weighted by molar-refractivity contribution is 5.85. The average Bonchev–Trinajstić information content (AvgIpc) is 2.18. The van der Waals surface area contributed by atoms with Crippen molar-refractivity contribution in [2.24, 2.45) is 5.73 Å². The third-order valence-corrected chi connectivity index (χ3v) is 1.55. The van der Waals surface area contributed by atoms with Crippen molar-refractivity contribution >= 4 is 18.4 Å². The molecular weight excluding hydrogens is 206 g/mol. The summed E-state index contributed by atoms with van der Waals surface area (Å²) in [6.45, 7) is 0. The van der Waals surface area contributed by atoms with Crippen LogP contribution in [-0.2, 0) is 16.0 Å². The minimum atomic E-state index is -0.665. The number of hydrogen-bond donors (Lipinski definition) is 1. The number of hydrogen-bond acceptors (Lipinski definition) is 5. The monoisotopic (exact) mass is 217 g/mol. The summed E-state index contributed by atoms with van der Waals surface area (Å²) in [6.07, 6.45) is 5.04. The van der Waals surface area contributed by atoms with Gasteiger partial charge in [-0.05, 0) is 0 Å². The second kappa shape index (κ2) is 6.28. The molecule has 2 N–H and O–H groups in total. The molecule has 0 spiro atoms.